The van der Waals surface area contributed by atoms with E-state index in [-0.39, 0.29) is 53.0 Å². The van der Waals surface area contributed by atoms with Gasteiger partial charge in [-0.15, -0.1) is 17.0 Å². The van der Waals surface area contributed by atoms with E-state index in [2.05, 4.69) is 80.9 Å². The molecule has 56 heavy (non-hydrogen) atoms. The molecule has 0 saturated heterocycles. The maximum atomic E-state index is 12.6. The molecule has 2 rings (SSSR count). The molecule has 0 radical (unpaired) electrons. The van der Waals surface area contributed by atoms with Crippen molar-refractivity contribution in [1.29, 1.82) is 0 Å². The van der Waals surface area contributed by atoms with Crippen LogP contribution >= 0.6 is 17.0 Å². The standard InChI is InChI=1S/C50H79NO4.BrH/c1-9-11-13-15-17-19-21-23-25-33-45(41(7)54-49(52)39(3)4)47-35-29-27-31-43(47)37-51-38-44-32-28-30-36-48(44)46(42(8)55-50(53)40(5)6)34-26-24-22-20-18-16-14-12-10-2;/h27-32,35-36,41-42,45-46,51H,3,5,9-26,33-34,37-38H2,1-2,4,6-8H3;1H. The quantitative estimate of drug-likeness (QED) is 0.0452. The van der Waals surface area contributed by atoms with E-state index in [9.17, 15) is 9.59 Å². The zero-order valence-corrected chi connectivity index (χ0v) is 38.2. The van der Waals surface area contributed by atoms with E-state index in [0.717, 1.165) is 25.7 Å². The average Bonchev–Trinajstić information content (AvgIpc) is 3.17. The monoisotopic (exact) mass is 838 g/mol. The lowest BCUT2D eigenvalue weighted by molar-refractivity contribution is -0.145. The highest BCUT2D eigenvalue weighted by molar-refractivity contribution is 8.93. The van der Waals surface area contributed by atoms with Gasteiger partial charge in [-0.3, -0.25) is 0 Å². The Morgan fingerprint density at radius 2 is 0.839 bits per heavy atom. The number of carbonyl (C=O) groups is 2. The fourth-order valence-electron chi connectivity index (χ4n) is 7.78. The van der Waals surface area contributed by atoms with Gasteiger partial charge in [0, 0.05) is 36.1 Å². The highest BCUT2D eigenvalue weighted by atomic mass is 79.9. The molecular formula is C50H80BrNO4. The van der Waals surface area contributed by atoms with E-state index in [1.54, 1.807) is 13.8 Å². The molecule has 0 spiro atoms. The summed E-state index contributed by atoms with van der Waals surface area (Å²) in [6.07, 6.45) is 24.4. The van der Waals surface area contributed by atoms with Crippen LogP contribution in [0.1, 0.15) is 204 Å². The maximum absolute atomic E-state index is 12.6. The SMILES string of the molecule is Br.C=C(C)C(=O)OC(C)C(CCCCCCCCCCC)c1ccccc1CNCc1ccccc1C(CCCCCCCCCCC)C(C)OC(=O)C(=C)C. The zero-order valence-electron chi connectivity index (χ0n) is 36.4. The number of hydrogen-bond acceptors (Lipinski definition) is 5. The average molecular weight is 839 g/mol. The van der Waals surface area contributed by atoms with E-state index in [0.29, 0.717) is 24.2 Å². The largest absolute Gasteiger partial charge is 0.459 e. The molecule has 1 N–H and O–H groups in total. The molecule has 0 saturated carbocycles. The number of nitrogens with one attached hydrogen (secondary N) is 1. The van der Waals surface area contributed by atoms with Crippen molar-refractivity contribution >= 4 is 28.9 Å². The third-order valence-electron chi connectivity index (χ3n) is 11.2. The number of halogens is 1. The fourth-order valence-corrected chi connectivity index (χ4v) is 7.78. The van der Waals surface area contributed by atoms with Gasteiger partial charge in [0.1, 0.15) is 12.2 Å². The summed E-state index contributed by atoms with van der Waals surface area (Å²) in [7, 11) is 0. The molecule has 2 aromatic carbocycles. The summed E-state index contributed by atoms with van der Waals surface area (Å²) >= 11 is 0. The maximum Gasteiger partial charge on any atom is 0.333 e. The van der Waals surface area contributed by atoms with E-state index >= 15 is 0 Å². The van der Waals surface area contributed by atoms with Crippen LogP contribution in [0.3, 0.4) is 0 Å². The first-order valence-corrected chi connectivity index (χ1v) is 22.2. The highest BCUT2D eigenvalue weighted by Crippen LogP contribution is 2.33. The molecule has 4 atom stereocenters. The second-order valence-corrected chi connectivity index (χ2v) is 16.2. The lowest BCUT2D eigenvalue weighted by Gasteiger charge is -2.28. The van der Waals surface area contributed by atoms with Crippen molar-refractivity contribution < 1.29 is 19.1 Å². The number of carbonyl (C=O) groups excluding carboxylic acids is 2. The van der Waals surface area contributed by atoms with Crippen LogP contribution in [-0.4, -0.2) is 24.1 Å². The fraction of sp³-hybridized carbons (Fsp3) is 0.640. The topological polar surface area (TPSA) is 64.6 Å². The Morgan fingerprint density at radius 1 is 0.536 bits per heavy atom. The van der Waals surface area contributed by atoms with Crippen molar-refractivity contribution in [1.82, 2.24) is 5.32 Å². The number of hydrogen-bond donors (Lipinski definition) is 1. The lowest BCUT2D eigenvalue weighted by Crippen LogP contribution is -2.26. The molecule has 0 bridgehead atoms. The van der Waals surface area contributed by atoms with Crippen molar-refractivity contribution in [2.24, 2.45) is 0 Å². The molecular weight excluding hydrogens is 758 g/mol. The van der Waals surface area contributed by atoms with Crippen LogP contribution in [0.15, 0.2) is 72.8 Å². The van der Waals surface area contributed by atoms with Gasteiger partial charge < -0.3 is 14.8 Å². The summed E-state index contributed by atoms with van der Waals surface area (Å²) in [5.74, 6) is -0.445. The van der Waals surface area contributed by atoms with E-state index in [1.165, 1.54) is 125 Å². The van der Waals surface area contributed by atoms with Gasteiger partial charge in [-0.2, -0.15) is 0 Å². The lowest BCUT2D eigenvalue weighted by atomic mass is 9.85. The molecule has 0 fully saturated rings. The molecule has 0 aliphatic heterocycles. The molecule has 6 heteroatoms. The second-order valence-electron chi connectivity index (χ2n) is 16.2. The van der Waals surface area contributed by atoms with Crippen molar-refractivity contribution in [3.63, 3.8) is 0 Å². The third-order valence-corrected chi connectivity index (χ3v) is 11.2. The summed E-state index contributed by atoms with van der Waals surface area (Å²) in [6, 6.07) is 17.3. The first kappa shape index (κ1) is 51.3. The minimum absolute atomic E-state index is 0. The van der Waals surface area contributed by atoms with Crippen LogP contribution in [-0.2, 0) is 32.2 Å². The number of esters is 2. The Hall–Kier alpha value is -2.70. The summed E-state index contributed by atoms with van der Waals surface area (Å²) in [5.41, 5.74) is 5.81. The van der Waals surface area contributed by atoms with Gasteiger partial charge >= 0.3 is 11.9 Å². The Bertz CT molecular complexity index is 1290. The Kier molecular flexibility index (Phi) is 28.7. The highest BCUT2D eigenvalue weighted by Gasteiger charge is 2.27. The molecule has 0 aromatic heterocycles. The number of unbranched alkanes of at least 4 members (excludes halogenated alkanes) is 16. The second kappa shape index (κ2) is 31.3. The summed E-state index contributed by atoms with van der Waals surface area (Å²) in [6.45, 7) is 21.1. The summed E-state index contributed by atoms with van der Waals surface area (Å²) in [5, 5.41) is 3.77. The van der Waals surface area contributed by atoms with Gasteiger partial charge in [0.25, 0.3) is 0 Å². The van der Waals surface area contributed by atoms with Crippen molar-refractivity contribution in [3.8, 4) is 0 Å². The molecule has 316 valence electrons. The van der Waals surface area contributed by atoms with Crippen molar-refractivity contribution in [2.75, 3.05) is 0 Å². The van der Waals surface area contributed by atoms with E-state index in [4.69, 9.17) is 9.47 Å². The molecule has 5 nitrogen and oxygen atoms in total. The van der Waals surface area contributed by atoms with Gasteiger partial charge in [-0.1, -0.05) is 191 Å². The van der Waals surface area contributed by atoms with Crippen LogP contribution in [0, 0.1) is 0 Å². The summed E-state index contributed by atoms with van der Waals surface area (Å²) in [4.78, 5) is 25.3. The van der Waals surface area contributed by atoms with Gasteiger partial charge in [0.15, 0.2) is 0 Å². The molecule has 0 amide bonds. The Labute approximate surface area is 354 Å². The third kappa shape index (κ3) is 20.6. The van der Waals surface area contributed by atoms with Gasteiger partial charge in [-0.05, 0) is 62.8 Å². The van der Waals surface area contributed by atoms with Gasteiger partial charge in [-0.25, -0.2) is 9.59 Å². The van der Waals surface area contributed by atoms with E-state index in [1.807, 2.05) is 13.8 Å². The first-order valence-electron chi connectivity index (χ1n) is 22.2. The number of rotatable bonds is 32. The minimum Gasteiger partial charge on any atom is -0.459 e. The van der Waals surface area contributed by atoms with Crippen molar-refractivity contribution in [3.05, 3.63) is 95.1 Å². The number of benzene rings is 2. The first-order chi connectivity index (χ1) is 26.6. The van der Waals surface area contributed by atoms with Crippen LogP contribution in [0.2, 0.25) is 0 Å². The number of ether oxygens (including phenoxy) is 2. The van der Waals surface area contributed by atoms with Gasteiger partial charge in [0.2, 0.25) is 0 Å². The minimum atomic E-state index is -0.322. The predicted octanol–water partition coefficient (Wildman–Crippen LogP) is 14.6. The Morgan fingerprint density at radius 3 is 1.16 bits per heavy atom. The molecule has 0 aliphatic carbocycles. The molecule has 4 unspecified atom stereocenters. The van der Waals surface area contributed by atoms with Crippen molar-refractivity contribution in [2.45, 2.75) is 207 Å². The Balaban J connectivity index is 0.0000157. The summed E-state index contributed by atoms with van der Waals surface area (Å²) < 4.78 is 11.9. The zero-order chi connectivity index (χ0) is 40.3. The molecule has 0 heterocycles. The van der Waals surface area contributed by atoms with Crippen LogP contribution in [0.5, 0.6) is 0 Å². The van der Waals surface area contributed by atoms with Crippen LogP contribution in [0.4, 0.5) is 0 Å². The van der Waals surface area contributed by atoms with Crippen LogP contribution in [0.25, 0.3) is 0 Å². The molecule has 2 aromatic rings. The van der Waals surface area contributed by atoms with Gasteiger partial charge in [0.05, 0.1) is 0 Å². The smallest absolute Gasteiger partial charge is 0.333 e. The molecule has 0 aliphatic rings. The van der Waals surface area contributed by atoms with E-state index < -0.39 is 0 Å². The van der Waals surface area contributed by atoms with Crippen LogP contribution < -0.4 is 5.32 Å². The normalized spacial score (nSPS) is 13.2. The predicted molar refractivity (Wildman–Crippen MR) is 244 cm³/mol.